The summed E-state index contributed by atoms with van der Waals surface area (Å²) in [7, 11) is 1.62. The molecule has 1 aromatic carbocycles. The average Bonchev–Trinajstić information content (AvgIpc) is 3.45. The molecule has 1 fully saturated rings. The second-order valence-corrected chi connectivity index (χ2v) is 8.10. The van der Waals surface area contributed by atoms with E-state index < -0.39 is 0 Å². The molecule has 0 bridgehead atoms. The third-order valence-electron chi connectivity index (χ3n) is 5.50. The Morgan fingerprint density at radius 3 is 2.56 bits per heavy atom. The molecule has 10 heteroatoms. The average molecular weight is 452 g/mol. The number of hydrogen-bond donors (Lipinski definition) is 0. The molecular formula is C22H25N7O2S. The molecule has 9 nitrogen and oxygen atoms in total. The molecule has 0 saturated carbocycles. The number of nitrogens with zero attached hydrogens (tertiary/aromatic N) is 7. The van der Waals surface area contributed by atoms with Crippen LogP contribution in [0.2, 0.25) is 0 Å². The van der Waals surface area contributed by atoms with Gasteiger partial charge in [0.1, 0.15) is 0 Å². The molecule has 32 heavy (non-hydrogen) atoms. The Labute approximate surface area is 190 Å². The molecule has 0 atom stereocenters. The van der Waals surface area contributed by atoms with Crippen LogP contribution in [0.1, 0.15) is 6.92 Å². The van der Waals surface area contributed by atoms with Gasteiger partial charge in [-0.1, -0.05) is 42.1 Å². The predicted molar refractivity (Wildman–Crippen MR) is 125 cm³/mol. The number of rotatable bonds is 6. The van der Waals surface area contributed by atoms with Crippen LogP contribution in [-0.2, 0) is 11.3 Å². The van der Waals surface area contributed by atoms with Gasteiger partial charge < -0.3 is 18.9 Å². The third kappa shape index (κ3) is 3.59. The number of benzene rings is 1. The zero-order valence-electron chi connectivity index (χ0n) is 18.4. The van der Waals surface area contributed by atoms with Crippen LogP contribution in [0.4, 0.5) is 5.82 Å². The van der Waals surface area contributed by atoms with Gasteiger partial charge in [0.15, 0.2) is 22.1 Å². The van der Waals surface area contributed by atoms with Crippen LogP contribution in [-0.4, -0.2) is 69.0 Å². The lowest BCUT2D eigenvalue weighted by Crippen LogP contribution is -2.37. The van der Waals surface area contributed by atoms with Gasteiger partial charge in [-0.25, -0.2) is 9.67 Å². The smallest absolute Gasteiger partial charge is 0.254 e. The van der Waals surface area contributed by atoms with E-state index in [0.29, 0.717) is 25.0 Å². The summed E-state index contributed by atoms with van der Waals surface area (Å²) in [5.41, 5.74) is 3.52. The Kier molecular flexibility index (Phi) is 5.71. The van der Waals surface area contributed by atoms with Gasteiger partial charge in [0, 0.05) is 25.8 Å². The van der Waals surface area contributed by atoms with E-state index in [-0.39, 0.29) is 0 Å². The number of ether oxygens (including phenoxy) is 2. The lowest BCUT2D eigenvalue weighted by Gasteiger charge is -2.28. The van der Waals surface area contributed by atoms with Crippen LogP contribution in [0, 0.1) is 0 Å². The molecule has 1 saturated heterocycles. The number of aromatic nitrogens is 6. The first kappa shape index (κ1) is 20.8. The highest BCUT2D eigenvalue weighted by Gasteiger charge is 2.24. The van der Waals surface area contributed by atoms with Crippen LogP contribution in [0.25, 0.3) is 28.2 Å². The van der Waals surface area contributed by atoms with Gasteiger partial charge in [-0.05, 0) is 18.7 Å². The van der Waals surface area contributed by atoms with Gasteiger partial charge in [-0.15, -0.1) is 5.10 Å². The zero-order chi connectivity index (χ0) is 22.1. The topological polar surface area (TPSA) is 83.1 Å². The van der Waals surface area contributed by atoms with Crippen molar-refractivity contribution < 1.29 is 9.47 Å². The molecule has 0 aliphatic carbocycles. The first-order valence-corrected chi connectivity index (χ1v) is 11.8. The van der Waals surface area contributed by atoms with E-state index in [1.807, 2.05) is 42.8 Å². The van der Waals surface area contributed by atoms with Crippen molar-refractivity contribution in [2.45, 2.75) is 18.6 Å². The number of anilines is 1. The maximum atomic E-state index is 5.57. The van der Waals surface area contributed by atoms with E-state index in [4.69, 9.17) is 24.4 Å². The van der Waals surface area contributed by atoms with E-state index in [9.17, 15) is 0 Å². The summed E-state index contributed by atoms with van der Waals surface area (Å²) in [4.78, 5) is 16.9. The fraction of sp³-hybridized carbons (Fsp3) is 0.364. The number of imidazole rings is 1. The van der Waals surface area contributed by atoms with Crippen molar-refractivity contribution in [1.29, 1.82) is 0 Å². The minimum atomic E-state index is 0.488. The van der Waals surface area contributed by atoms with Crippen LogP contribution in [0.5, 0.6) is 5.88 Å². The summed E-state index contributed by atoms with van der Waals surface area (Å²) in [5.74, 6) is 1.83. The lowest BCUT2D eigenvalue weighted by atomic mass is 10.1. The van der Waals surface area contributed by atoms with Gasteiger partial charge in [0.2, 0.25) is 5.88 Å². The lowest BCUT2D eigenvalue weighted by molar-refractivity contribution is 0.122. The first-order valence-electron chi connectivity index (χ1n) is 10.6. The third-order valence-corrected chi connectivity index (χ3v) is 6.18. The standard InChI is InChI=1S/C22H25N7O2S/c1-4-28-19-17(23-22(28)32-3)18(27-10-12-31-13-11-27)24-21(25-19)29-14-16(20(26-29)30-2)15-8-6-5-7-9-15/h5-9,14H,4,10-13H2,1-3H3. The van der Waals surface area contributed by atoms with Crippen molar-refractivity contribution in [3.05, 3.63) is 36.5 Å². The van der Waals surface area contributed by atoms with E-state index in [2.05, 4.69) is 21.5 Å². The fourth-order valence-electron chi connectivity index (χ4n) is 3.92. The Bertz CT molecular complexity index is 1230. The molecule has 0 amide bonds. The van der Waals surface area contributed by atoms with Crippen molar-refractivity contribution in [1.82, 2.24) is 29.3 Å². The summed E-state index contributed by atoms with van der Waals surface area (Å²) in [6.45, 7) is 5.72. The second kappa shape index (κ2) is 8.79. The molecule has 4 heterocycles. The minimum absolute atomic E-state index is 0.488. The molecule has 4 aromatic rings. The highest BCUT2D eigenvalue weighted by atomic mass is 32.2. The quantitative estimate of drug-likeness (QED) is 0.413. The number of thioether (sulfide) groups is 1. The molecule has 1 aliphatic rings. The van der Waals surface area contributed by atoms with Crippen molar-refractivity contribution in [2.24, 2.45) is 0 Å². The maximum Gasteiger partial charge on any atom is 0.254 e. The Balaban J connectivity index is 1.70. The highest BCUT2D eigenvalue weighted by Crippen LogP contribution is 2.32. The molecule has 0 radical (unpaired) electrons. The highest BCUT2D eigenvalue weighted by molar-refractivity contribution is 7.98. The number of morpholine rings is 1. The molecule has 0 unspecified atom stereocenters. The Morgan fingerprint density at radius 2 is 1.88 bits per heavy atom. The normalized spacial score (nSPS) is 14.3. The zero-order valence-corrected chi connectivity index (χ0v) is 19.2. The largest absolute Gasteiger partial charge is 0.479 e. The number of aryl methyl sites for hydroxylation is 1. The minimum Gasteiger partial charge on any atom is -0.479 e. The van der Waals surface area contributed by atoms with E-state index >= 15 is 0 Å². The Morgan fingerprint density at radius 1 is 1.09 bits per heavy atom. The van der Waals surface area contributed by atoms with Gasteiger partial charge in [0.25, 0.3) is 5.95 Å². The van der Waals surface area contributed by atoms with Crippen molar-refractivity contribution in [3.8, 4) is 23.0 Å². The second-order valence-electron chi connectivity index (χ2n) is 7.32. The van der Waals surface area contributed by atoms with Crippen molar-refractivity contribution in [3.63, 3.8) is 0 Å². The van der Waals surface area contributed by atoms with Gasteiger partial charge >= 0.3 is 0 Å². The van der Waals surface area contributed by atoms with E-state index in [0.717, 1.165) is 52.9 Å². The van der Waals surface area contributed by atoms with Crippen LogP contribution in [0.15, 0.2) is 41.7 Å². The summed E-state index contributed by atoms with van der Waals surface area (Å²) < 4.78 is 14.9. The number of fused-ring (bicyclic) bond motifs is 1. The van der Waals surface area contributed by atoms with E-state index in [1.165, 1.54) is 0 Å². The molecular weight excluding hydrogens is 426 g/mol. The van der Waals surface area contributed by atoms with Gasteiger partial charge in [-0.2, -0.15) is 9.97 Å². The molecule has 0 N–H and O–H groups in total. The van der Waals surface area contributed by atoms with Crippen molar-refractivity contribution in [2.75, 3.05) is 44.6 Å². The fourth-order valence-corrected chi connectivity index (χ4v) is 4.54. The van der Waals surface area contributed by atoms with Gasteiger partial charge in [0.05, 0.1) is 25.9 Å². The summed E-state index contributed by atoms with van der Waals surface area (Å²) in [6.07, 6.45) is 3.95. The van der Waals surface area contributed by atoms with Gasteiger partial charge in [-0.3, -0.25) is 0 Å². The summed E-state index contributed by atoms with van der Waals surface area (Å²) in [5, 5.41) is 5.56. The SMILES string of the molecule is CCn1c(SC)nc2c(N3CCOCC3)nc(-n3cc(-c4ccccc4)c(OC)n3)nc21. The number of methoxy groups -OCH3 is 1. The molecule has 5 rings (SSSR count). The first-order chi connectivity index (χ1) is 15.7. The monoisotopic (exact) mass is 451 g/mol. The summed E-state index contributed by atoms with van der Waals surface area (Å²) >= 11 is 1.61. The Hall–Kier alpha value is -3.11. The maximum absolute atomic E-state index is 5.57. The van der Waals surface area contributed by atoms with Crippen LogP contribution < -0.4 is 9.64 Å². The van der Waals surface area contributed by atoms with Crippen LogP contribution >= 0.6 is 11.8 Å². The molecule has 0 spiro atoms. The van der Waals surface area contributed by atoms with Crippen molar-refractivity contribution >= 4 is 28.7 Å². The van der Waals surface area contributed by atoms with Crippen LogP contribution in [0.3, 0.4) is 0 Å². The summed E-state index contributed by atoms with van der Waals surface area (Å²) in [6, 6.07) is 10.0. The van der Waals surface area contributed by atoms with E-state index in [1.54, 1.807) is 23.6 Å². The number of hydrogen-bond acceptors (Lipinski definition) is 8. The molecule has 166 valence electrons. The molecule has 1 aliphatic heterocycles. The predicted octanol–water partition coefficient (Wildman–Crippen LogP) is 3.27. The molecule has 3 aromatic heterocycles.